The summed E-state index contributed by atoms with van der Waals surface area (Å²) in [6.07, 6.45) is 0.760. The van der Waals surface area contributed by atoms with E-state index < -0.39 is 5.60 Å². The van der Waals surface area contributed by atoms with Crippen LogP contribution in [0.3, 0.4) is 0 Å². The van der Waals surface area contributed by atoms with E-state index in [4.69, 9.17) is 0 Å². The summed E-state index contributed by atoms with van der Waals surface area (Å²) in [6, 6.07) is 0. The van der Waals surface area contributed by atoms with Gasteiger partial charge in [-0.25, -0.2) is 4.98 Å². The lowest BCUT2D eigenvalue weighted by Crippen LogP contribution is -2.38. The molecule has 0 saturated carbocycles. The minimum absolute atomic E-state index is 0.00576. The van der Waals surface area contributed by atoms with Crippen molar-refractivity contribution in [1.29, 1.82) is 0 Å². The molecule has 2 N–H and O–H groups in total. The molecule has 0 aliphatic carbocycles. The Morgan fingerprint density at radius 2 is 2.24 bits per heavy atom. The second-order valence-electron chi connectivity index (χ2n) is 6.08. The molecule has 6 heteroatoms. The van der Waals surface area contributed by atoms with E-state index in [1.165, 1.54) is 11.3 Å². The van der Waals surface area contributed by atoms with Gasteiger partial charge in [0.05, 0.1) is 11.3 Å². The van der Waals surface area contributed by atoms with Gasteiger partial charge in [0.2, 0.25) is 5.91 Å². The summed E-state index contributed by atoms with van der Waals surface area (Å²) in [4.78, 5) is 17.6. The number of anilines is 1. The smallest absolute Gasteiger partial charge is 0.225 e. The normalized spacial score (nSPS) is 14.2. The fourth-order valence-corrected chi connectivity index (χ4v) is 3.34. The van der Waals surface area contributed by atoms with E-state index in [-0.39, 0.29) is 5.91 Å². The van der Waals surface area contributed by atoms with E-state index in [0.29, 0.717) is 25.6 Å². The van der Waals surface area contributed by atoms with Crippen LogP contribution in [0.1, 0.15) is 46.7 Å². The van der Waals surface area contributed by atoms with Gasteiger partial charge in [0.15, 0.2) is 5.13 Å². The first-order valence-corrected chi connectivity index (χ1v) is 8.28. The first-order chi connectivity index (χ1) is 9.75. The van der Waals surface area contributed by atoms with Crippen LogP contribution in [0.15, 0.2) is 5.38 Å². The summed E-state index contributed by atoms with van der Waals surface area (Å²) in [6.45, 7) is 11.3. The minimum Gasteiger partial charge on any atom is -0.389 e. The third kappa shape index (κ3) is 6.11. The molecule has 21 heavy (non-hydrogen) atoms. The monoisotopic (exact) mass is 313 g/mol. The van der Waals surface area contributed by atoms with Gasteiger partial charge in [-0.05, 0) is 26.2 Å². The van der Waals surface area contributed by atoms with Gasteiger partial charge in [-0.3, -0.25) is 9.69 Å². The molecule has 1 aromatic heterocycles. The van der Waals surface area contributed by atoms with Gasteiger partial charge < -0.3 is 10.4 Å². The van der Waals surface area contributed by atoms with Gasteiger partial charge in [0, 0.05) is 31.9 Å². The van der Waals surface area contributed by atoms with Crippen molar-refractivity contribution in [3.63, 3.8) is 0 Å². The molecule has 0 aliphatic rings. The molecule has 1 aromatic rings. The maximum absolute atomic E-state index is 11.5. The van der Waals surface area contributed by atoms with Gasteiger partial charge in [0.1, 0.15) is 0 Å². The van der Waals surface area contributed by atoms with E-state index in [0.717, 1.165) is 17.2 Å². The molecule has 120 valence electrons. The number of aromatic nitrogens is 1. The highest BCUT2D eigenvalue weighted by molar-refractivity contribution is 7.14. The Labute approximate surface area is 131 Å². The van der Waals surface area contributed by atoms with E-state index in [2.05, 4.69) is 24.1 Å². The molecular weight excluding hydrogens is 286 g/mol. The van der Waals surface area contributed by atoms with Gasteiger partial charge in [-0.15, -0.1) is 11.3 Å². The lowest BCUT2D eigenvalue weighted by Gasteiger charge is -2.25. The highest BCUT2D eigenvalue weighted by Gasteiger charge is 2.21. The molecule has 0 saturated heterocycles. The van der Waals surface area contributed by atoms with Crippen LogP contribution in [0.4, 0.5) is 5.13 Å². The molecule has 1 heterocycles. The Kier molecular flexibility index (Phi) is 6.77. The zero-order valence-corrected chi connectivity index (χ0v) is 14.5. The average molecular weight is 313 g/mol. The van der Waals surface area contributed by atoms with E-state index >= 15 is 0 Å². The third-order valence-electron chi connectivity index (χ3n) is 3.13. The Balaban J connectivity index is 2.50. The van der Waals surface area contributed by atoms with E-state index in [9.17, 15) is 9.90 Å². The van der Waals surface area contributed by atoms with Crippen molar-refractivity contribution in [3.05, 3.63) is 11.1 Å². The highest BCUT2D eigenvalue weighted by Crippen LogP contribution is 2.21. The molecule has 1 amide bonds. The predicted molar refractivity (Wildman–Crippen MR) is 87.6 cm³/mol. The number of thiazole rings is 1. The van der Waals surface area contributed by atoms with Crippen LogP contribution in [-0.2, 0) is 11.3 Å². The van der Waals surface area contributed by atoms with Crippen molar-refractivity contribution in [1.82, 2.24) is 10.3 Å². The van der Waals surface area contributed by atoms with Crippen molar-refractivity contribution in [2.45, 2.75) is 53.2 Å². The van der Waals surface area contributed by atoms with Crippen molar-refractivity contribution in [2.24, 2.45) is 5.92 Å². The summed E-state index contributed by atoms with van der Waals surface area (Å²) in [5.74, 6) is 0.465. The van der Waals surface area contributed by atoms with Gasteiger partial charge in [0.25, 0.3) is 0 Å². The zero-order valence-electron chi connectivity index (χ0n) is 13.6. The molecule has 1 atom stereocenters. The number of nitrogens with zero attached hydrogens (tertiary/aromatic N) is 2. The standard InChI is InChI=1S/C15H27N3O2S/c1-6-18(12(4)19)14-17-13(9-21-14)8-16-10-15(5,20)7-11(2)3/h9,11,16,20H,6-8,10H2,1-5H3. The second kappa shape index (κ2) is 7.87. The van der Waals surface area contributed by atoms with Crippen LogP contribution in [0.25, 0.3) is 0 Å². The van der Waals surface area contributed by atoms with Crippen molar-refractivity contribution in [2.75, 3.05) is 18.0 Å². The van der Waals surface area contributed by atoms with Crippen LogP contribution >= 0.6 is 11.3 Å². The quantitative estimate of drug-likeness (QED) is 0.773. The fraction of sp³-hybridized carbons (Fsp3) is 0.733. The number of rotatable bonds is 8. The zero-order chi connectivity index (χ0) is 16.0. The van der Waals surface area contributed by atoms with Crippen LogP contribution in [0, 0.1) is 5.92 Å². The molecule has 5 nitrogen and oxygen atoms in total. The van der Waals surface area contributed by atoms with Gasteiger partial charge in [-0.1, -0.05) is 13.8 Å². The summed E-state index contributed by atoms with van der Waals surface area (Å²) >= 11 is 1.47. The van der Waals surface area contributed by atoms with Crippen LogP contribution in [0.5, 0.6) is 0 Å². The second-order valence-corrected chi connectivity index (χ2v) is 6.92. The first-order valence-electron chi connectivity index (χ1n) is 7.40. The maximum atomic E-state index is 11.5. The Hall–Kier alpha value is -0.980. The molecule has 0 bridgehead atoms. The molecule has 1 rings (SSSR count). The molecular formula is C15H27N3O2S. The number of aliphatic hydroxyl groups is 1. The SMILES string of the molecule is CCN(C(C)=O)c1nc(CNCC(C)(O)CC(C)C)cs1. The number of nitrogens with one attached hydrogen (secondary N) is 1. The number of hydrogen-bond donors (Lipinski definition) is 2. The summed E-state index contributed by atoms with van der Waals surface area (Å²) in [5.41, 5.74) is 0.192. The van der Waals surface area contributed by atoms with Gasteiger partial charge >= 0.3 is 0 Å². The predicted octanol–water partition coefficient (Wildman–Crippen LogP) is 2.40. The van der Waals surface area contributed by atoms with Crippen molar-refractivity contribution < 1.29 is 9.90 Å². The number of hydrogen-bond acceptors (Lipinski definition) is 5. The summed E-state index contributed by atoms with van der Waals surface area (Å²) in [5, 5.41) is 16.2. The Morgan fingerprint density at radius 3 is 2.76 bits per heavy atom. The van der Waals surface area contributed by atoms with Crippen LogP contribution in [0.2, 0.25) is 0 Å². The maximum Gasteiger partial charge on any atom is 0.225 e. The van der Waals surface area contributed by atoms with Crippen LogP contribution in [-0.4, -0.2) is 34.7 Å². The molecule has 0 radical (unpaired) electrons. The van der Waals surface area contributed by atoms with Crippen molar-refractivity contribution in [3.8, 4) is 0 Å². The Morgan fingerprint density at radius 1 is 1.57 bits per heavy atom. The first kappa shape index (κ1) is 18.1. The number of carbonyl (C=O) groups excluding carboxylic acids is 1. The van der Waals surface area contributed by atoms with Crippen LogP contribution < -0.4 is 10.2 Å². The molecule has 0 spiro atoms. The fourth-order valence-electron chi connectivity index (χ4n) is 2.41. The minimum atomic E-state index is -0.706. The Bertz CT molecular complexity index is 458. The summed E-state index contributed by atoms with van der Waals surface area (Å²) in [7, 11) is 0. The van der Waals surface area contributed by atoms with Gasteiger partial charge in [-0.2, -0.15) is 0 Å². The molecule has 0 aliphatic heterocycles. The summed E-state index contributed by atoms with van der Waals surface area (Å²) < 4.78 is 0. The third-order valence-corrected chi connectivity index (χ3v) is 4.04. The van der Waals surface area contributed by atoms with E-state index in [1.807, 2.05) is 19.2 Å². The largest absolute Gasteiger partial charge is 0.389 e. The van der Waals surface area contributed by atoms with Crippen molar-refractivity contribution >= 4 is 22.4 Å². The average Bonchev–Trinajstić information content (AvgIpc) is 2.76. The topological polar surface area (TPSA) is 65.5 Å². The molecule has 1 unspecified atom stereocenters. The number of carbonyl (C=O) groups is 1. The highest BCUT2D eigenvalue weighted by atomic mass is 32.1. The number of amides is 1. The lowest BCUT2D eigenvalue weighted by atomic mass is 9.94. The lowest BCUT2D eigenvalue weighted by molar-refractivity contribution is -0.116. The molecule has 0 aromatic carbocycles. The molecule has 0 fully saturated rings. The van der Waals surface area contributed by atoms with E-state index in [1.54, 1.807) is 11.8 Å².